The first kappa shape index (κ1) is 20.2. The van der Waals surface area contributed by atoms with E-state index in [1.807, 2.05) is 12.1 Å². The van der Waals surface area contributed by atoms with E-state index in [-0.39, 0.29) is 0 Å². The topological polar surface area (TPSA) is 127 Å². The molecule has 5 N–H and O–H groups in total. The fourth-order valence-electron chi connectivity index (χ4n) is 2.36. The van der Waals surface area contributed by atoms with Crippen molar-refractivity contribution in [3.8, 4) is 5.75 Å². The SMILES string of the molecule is NCCCC[C@H](NC(=O)Nc1ccc(OCc2ccncc2)cc1)C(=O)O. The van der Waals surface area contributed by atoms with E-state index in [2.05, 4.69) is 15.6 Å². The number of carbonyl (C=O) groups excluding carboxylic acids is 1. The van der Waals surface area contributed by atoms with Crippen molar-refractivity contribution in [2.75, 3.05) is 11.9 Å². The molecular formula is C19H24N4O4. The van der Waals surface area contributed by atoms with E-state index in [4.69, 9.17) is 10.5 Å². The number of anilines is 1. The van der Waals surface area contributed by atoms with Gasteiger partial charge in [0.05, 0.1) is 0 Å². The molecule has 8 nitrogen and oxygen atoms in total. The summed E-state index contributed by atoms with van der Waals surface area (Å²) in [4.78, 5) is 27.2. The van der Waals surface area contributed by atoms with Crippen molar-refractivity contribution >= 4 is 17.7 Å². The molecule has 8 heteroatoms. The van der Waals surface area contributed by atoms with Crippen LogP contribution in [-0.2, 0) is 11.4 Å². The maximum absolute atomic E-state index is 12.0. The molecule has 2 amide bonds. The van der Waals surface area contributed by atoms with Crippen molar-refractivity contribution in [3.05, 3.63) is 54.4 Å². The quantitative estimate of drug-likeness (QED) is 0.474. The third kappa shape index (κ3) is 7.33. The van der Waals surface area contributed by atoms with Gasteiger partial charge in [-0.3, -0.25) is 4.98 Å². The standard InChI is InChI=1S/C19H24N4O4/c20-10-2-1-3-17(18(24)25)23-19(26)22-15-4-6-16(7-5-15)27-13-14-8-11-21-12-9-14/h4-9,11-12,17H,1-3,10,13,20H2,(H,24,25)(H2,22,23,26)/t17-/m0/s1. The summed E-state index contributed by atoms with van der Waals surface area (Å²) in [6, 6.07) is 9.05. The van der Waals surface area contributed by atoms with Crippen LogP contribution in [-0.4, -0.2) is 34.7 Å². The molecule has 0 unspecified atom stereocenters. The lowest BCUT2D eigenvalue weighted by Crippen LogP contribution is -2.43. The number of carboxylic acids is 1. The Morgan fingerprint density at radius 2 is 1.81 bits per heavy atom. The average Bonchev–Trinajstić information content (AvgIpc) is 2.67. The van der Waals surface area contributed by atoms with E-state index in [0.29, 0.717) is 43.9 Å². The first-order valence-electron chi connectivity index (χ1n) is 8.70. The van der Waals surface area contributed by atoms with E-state index in [9.17, 15) is 14.7 Å². The van der Waals surface area contributed by atoms with Crippen molar-refractivity contribution in [3.63, 3.8) is 0 Å². The number of amides is 2. The normalized spacial score (nSPS) is 11.4. The first-order chi connectivity index (χ1) is 13.1. The molecule has 0 saturated heterocycles. The number of nitrogens with zero attached hydrogens (tertiary/aromatic N) is 1. The Morgan fingerprint density at radius 1 is 1.11 bits per heavy atom. The van der Waals surface area contributed by atoms with E-state index >= 15 is 0 Å². The second kappa shape index (κ2) is 10.8. The van der Waals surface area contributed by atoms with Crippen LogP contribution in [0.3, 0.4) is 0 Å². The number of hydrogen-bond donors (Lipinski definition) is 4. The number of hydrogen-bond acceptors (Lipinski definition) is 5. The summed E-state index contributed by atoms with van der Waals surface area (Å²) in [6.07, 6.45) is 5.09. The van der Waals surface area contributed by atoms with Crippen LogP contribution in [0.1, 0.15) is 24.8 Å². The molecule has 1 atom stereocenters. The molecule has 0 aliphatic rings. The van der Waals surface area contributed by atoms with E-state index in [0.717, 1.165) is 5.56 Å². The minimum atomic E-state index is -1.07. The van der Waals surface area contributed by atoms with Crippen molar-refractivity contribution < 1.29 is 19.4 Å². The Kier molecular flexibility index (Phi) is 8.05. The number of pyridine rings is 1. The minimum absolute atomic E-state index is 0.335. The summed E-state index contributed by atoms with van der Waals surface area (Å²) < 4.78 is 5.66. The Bertz CT molecular complexity index is 722. The zero-order valence-electron chi connectivity index (χ0n) is 14.9. The molecule has 144 valence electrons. The van der Waals surface area contributed by atoms with E-state index in [1.165, 1.54) is 0 Å². The van der Waals surface area contributed by atoms with Gasteiger partial charge in [0, 0.05) is 18.1 Å². The summed E-state index contributed by atoms with van der Waals surface area (Å²) in [5.74, 6) is -0.412. The number of nitrogens with one attached hydrogen (secondary N) is 2. The number of rotatable bonds is 10. The summed E-state index contributed by atoms with van der Waals surface area (Å²) in [5, 5.41) is 14.3. The van der Waals surface area contributed by atoms with Gasteiger partial charge in [0.2, 0.25) is 0 Å². The number of unbranched alkanes of at least 4 members (excludes halogenated alkanes) is 1. The number of ether oxygens (including phenoxy) is 1. The van der Waals surface area contributed by atoms with Gasteiger partial charge in [-0.1, -0.05) is 0 Å². The molecule has 1 aromatic carbocycles. The molecule has 2 aromatic rings. The molecule has 0 aliphatic carbocycles. The highest BCUT2D eigenvalue weighted by molar-refractivity contribution is 5.92. The maximum Gasteiger partial charge on any atom is 0.326 e. The van der Waals surface area contributed by atoms with Crippen LogP contribution >= 0.6 is 0 Å². The molecule has 0 radical (unpaired) electrons. The lowest BCUT2D eigenvalue weighted by atomic mass is 10.1. The number of carbonyl (C=O) groups is 2. The lowest BCUT2D eigenvalue weighted by molar-refractivity contribution is -0.139. The molecule has 27 heavy (non-hydrogen) atoms. The van der Waals surface area contributed by atoms with Crippen LogP contribution < -0.4 is 21.1 Å². The highest BCUT2D eigenvalue weighted by Gasteiger charge is 2.19. The van der Waals surface area contributed by atoms with Crippen LogP contribution in [0.25, 0.3) is 0 Å². The van der Waals surface area contributed by atoms with Gasteiger partial charge < -0.3 is 26.2 Å². The first-order valence-corrected chi connectivity index (χ1v) is 8.70. The molecule has 2 rings (SSSR count). The maximum atomic E-state index is 12.0. The number of urea groups is 1. The van der Waals surface area contributed by atoms with Crippen molar-refractivity contribution in [2.45, 2.75) is 31.9 Å². The fourth-order valence-corrected chi connectivity index (χ4v) is 2.36. The van der Waals surface area contributed by atoms with Crippen molar-refractivity contribution in [1.82, 2.24) is 10.3 Å². The lowest BCUT2D eigenvalue weighted by Gasteiger charge is -2.15. The summed E-state index contributed by atoms with van der Waals surface area (Å²) in [6.45, 7) is 0.910. The molecule has 1 heterocycles. The Balaban J connectivity index is 1.82. The van der Waals surface area contributed by atoms with Crippen LogP contribution in [0, 0.1) is 0 Å². The van der Waals surface area contributed by atoms with E-state index in [1.54, 1.807) is 36.7 Å². The number of benzene rings is 1. The zero-order valence-corrected chi connectivity index (χ0v) is 14.9. The van der Waals surface area contributed by atoms with Gasteiger partial charge in [0.1, 0.15) is 18.4 Å². The van der Waals surface area contributed by atoms with Crippen LogP contribution in [0.4, 0.5) is 10.5 Å². The van der Waals surface area contributed by atoms with Crippen molar-refractivity contribution in [2.24, 2.45) is 5.73 Å². The van der Waals surface area contributed by atoms with Gasteiger partial charge in [0.25, 0.3) is 0 Å². The van der Waals surface area contributed by atoms with Gasteiger partial charge in [-0.2, -0.15) is 0 Å². The molecule has 0 saturated carbocycles. The van der Waals surface area contributed by atoms with E-state index < -0.39 is 18.0 Å². The van der Waals surface area contributed by atoms with Crippen molar-refractivity contribution in [1.29, 1.82) is 0 Å². The van der Waals surface area contributed by atoms with Gasteiger partial charge >= 0.3 is 12.0 Å². The number of aromatic nitrogens is 1. The largest absolute Gasteiger partial charge is 0.489 e. The Morgan fingerprint density at radius 3 is 2.44 bits per heavy atom. The number of carboxylic acid groups (broad SMARTS) is 1. The van der Waals surface area contributed by atoms with Crippen LogP contribution in [0.5, 0.6) is 5.75 Å². The fraction of sp³-hybridized carbons (Fsp3) is 0.316. The Labute approximate surface area is 157 Å². The Hall–Kier alpha value is -3.13. The highest BCUT2D eigenvalue weighted by atomic mass is 16.5. The number of nitrogens with two attached hydrogens (primary N) is 1. The van der Waals surface area contributed by atoms with Gasteiger partial charge in [-0.25, -0.2) is 9.59 Å². The van der Waals surface area contributed by atoms with Gasteiger partial charge in [-0.05, 0) is 67.8 Å². The second-order valence-electron chi connectivity index (χ2n) is 5.94. The molecule has 0 aliphatic heterocycles. The molecular weight excluding hydrogens is 348 g/mol. The molecule has 0 fully saturated rings. The highest BCUT2D eigenvalue weighted by Crippen LogP contribution is 2.17. The molecule has 0 bridgehead atoms. The predicted molar refractivity (Wildman–Crippen MR) is 101 cm³/mol. The summed E-state index contributed by atoms with van der Waals surface area (Å²) >= 11 is 0. The predicted octanol–water partition coefficient (Wildman–Crippen LogP) is 2.36. The van der Waals surface area contributed by atoms with Crippen LogP contribution in [0.2, 0.25) is 0 Å². The second-order valence-corrected chi connectivity index (χ2v) is 5.94. The summed E-state index contributed by atoms with van der Waals surface area (Å²) in [5.41, 5.74) is 6.94. The number of aliphatic carboxylic acids is 1. The average molecular weight is 372 g/mol. The monoisotopic (exact) mass is 372 g/mol. The third-order valence-electron chi connectivity index (χ3n) is 3.82. The molecule has 0 spiro atoms. The molecule has 1 aromatic heterocycles. The van der Waals surface area contributed by atoms with Gasteiger partial charge in [0.15, 0.2) is 0 Å². The summed E-state index contributed by atoms with van der Waals surface area (Å²) in [7, 11) is 0. The minimum Gasteiger partial charge on any atom is -0.489 e. The smallest absolute Gasteiger partial charge is 0.326 e. The third-order valence-corrected chi connectivity index (χ3v) is 3.82. The van der Waals surface area contributed by atoms with Crippen LogP contribution in [0.15, 0.2) is 48.8 Å². The van der Waals surface area contributed by atoms with Gasteiger partial charge in [-0.15, -0.1) is 0 Å². The zero-order chi connectivity index (χ0) is 19.5.